The second-order valence-corrected chi connectivity index (χ2v) is 6.02. The summed E-state index contributed by atoms with van der Waals surface area (Å²) in [5.41, 5.74) is 1.13. The van der Waals surface area contributed by atoms with Crippen molar-refractivity contribution in [1.82, 2.24) is 20.1 Å². The smallest absolute Gasteiger partial charge is 0.266 e. The van der Waals surface area contributed by atoms with E-state index in [1.165, 1.54) is 12.3 Å². The number of hydrogen-bond acceptors (Lipinski definition) is 3. The highest BCUT2D eigenvalue weighted by Crippen LogP contribution is 2.21. The van der Waals surface area contributed by atoms with E-state index >= 15 is 0 Å². The lowest BCUT2D eigenvalue weighted by molar-refractivity contribution is 0.0672. The Balaban J connectivity index is 1.69. The van der Waals surface area contributed by atoms with E-state index in [4.69, 9.17) is 11.6 Å². The average molecular weight is 321 g/mol. The molecule has 0 unspecified atom stereocenters. The van der Waals surface area contributed by atoms with E-state index in [9.17, 15) is 9.59 Å². The first kappa shape index (κ1) is 14.8. The molecule has 1 aliphatic heterocycles. The molecule has 1 atom stereocenters. The quantitative estimate of drug-likeness (QED) is 0.905. The molecule has 1 aliphatic rings. The second-order valence-electron chi connectivity index (χ2n) is 5.61. The van der Waals surface area contributed by atoms with Crippen LogP contribution in [0.3, 0.4) is 0 Å². The van der Waals surface area contributed by atoms with E-state index in [2.05, 4.69) is 15.2 Å². The molecular formula is C15H17ClN4O2. The molecule has 0 saturated carbocycles. The normalized spacial score (nSPS) is 18.4. The number of aromatic amines is 2. The SMILES string of the molecule is O=C(c1c[nH]c(=O)c(Cl)c1)N1CCC[C@@H](Cc2ccn[nH]2)C1. The number of nitrogens with one attached hydrogen (secondary N) is 2. The molecule has 3 heterocycles. The predicted octanol–water partition coefficient (Wildman–Crippen LogP) is 1.85. The molecule has 2 aromatic rings. The van der Waals surface area contributed by atoms with Gasteiger partial charge in [0.25, 0.3) is 11.5 Å². The first-order valence-electron chi connectivity index (χ1n) is 7.29. The number of hydrogen-bond donors (Lipinski definition) is 2. The lowest BCUT2D eigenvalue weighted by Crippen LogP contribution is -2.40. The topological polar surface area (TPSA) is 81.8 Å². The Morgan fingerprint density at radius 3 is 3.09 bits per heavy atom. The number of H-pyrrole nitrogens is 2. The Hall–Kier alpha value is -2.08. The van der Waals surface area contributed by atoms with Crippen LogP contribution in [0.4, 0.5) is 0 Å². The van der Waals surface area contributed by atoms with Crippen molar-refractivity contribution in [3.8, 4) is 0 Å². The first-order chi connectivity index (χ1) is 10.6. The van der Waals surface area contributed by atoms with Crippen molar-refractivity contribution in [2.24, 2.45) is 5.92 Å². The van der Waals surface area contributed by atoms with E-state index in [0.717, 1.165) is 31.5 Å². The predicted molar refractivity (Wildman–Crippen MR) is 83.0 cm³/mol. The number of carbonyl (C=O) groups excluding carboxylic acids is 1. The summed E-state index contributed by atoms with van der Waals surface area (Å²) in [6.45, 7) is 1.43. The van der Waals surface area contributed by atoms with Gasteiger partial charge in [-0.25, -0.2) is 0 Å². The van der Waals surface area contributed by atoms with Crippen LogP contribution in [0.15, 0.2) is 29.3 Å². The molecule has 22 heavy (non-hydrogen) atoms. The molecule has 1 fully saturated rings. The van der Waals surface area contributed by atoms with Crippen LogP contribution in [0, 0.1) is 5.92 Å². The Labute approximate surface area is 132 Å². The zero-order valence-corrected chi connectivity index (χ0v) is 12.8. The molecule has 0 radical (unpaired) electrons. The van der Waals surface area contributed by atoms with E-state index in [1.807, 2.05) is 11.0 Å². The first-order valence-corrected chi connectivity index (χ1v) is 7.67. The summed E-state index contributed by atoms with van der Waals surface area (Å²) in [6, 6.07) is 3.39. The van der Waals surface area contributed by atoms with Crippen LogP contribution in [-0.4, -0.2) is 39.1 Å². The molecule has 2 N–H and O–H groups in total. The number of carbonyl (C=O) groups is 1. The molecular weight excluding hydrogens is 304 g/mol. The van der Waals surface area contributed by atoms with Crippen molar-refractivity contribution in [3.63, 3.8) is 0 Å². The molecule has 0 bridgehead atoms. The summed E-state index contributed by atoms with van der Waals surface area (Å²) in [5.74, 6) is 0.323. The Morgan fingerprint density at radius 2 is 2.36 bits per heavy atom. The van der Waals surface area contributed by atoms with Crippen LogP contribution in [0.25, 0.3) is 0 Å². The standard InChI is InChI=1S/C15H17ClN4O2/c16-13-7-11(8-17-14(13)21)15(22)20-5-1-2-10(9-20)6-12-3-4-18-19-12/h3-4,7-8,10H,1-2,5-6,9H2,(H,17,21)(H,18,19)/t10-/m0/s1. The highest BCUT2D eigenvalue weighted by atomic mass is 35.5. The molecule has 0 aromatic carbocycles. The highest BCUT2D eigenvalue weighted by molar-refractivity contribution is 6.30. The number of pyridine rings is 1. The minimum Gasteiger partial charge on any atom is -0.338 e. The van der Waals surface area contributed by atoms with Gasteiger partial charge >= 0.3 is 0 Å². The monoisotopic (exact) mass is 320 g/mol. The summed E-state index contributed by atoms with van der Waals surface area (Å²) in [5, 5.41) is 6.96. The number of piperidine rings is 1. The van der Waals surface area contributed by atoms with Gasteiger partial charge in [0.1, 0.15) is 5.02 Å². The molecule has 1 saturated heterocycles. The molecule has 3 rings (SSSR count). The third-order valence-corrected chi connectivity index (χ3v) is 4.26. The highest BCUT2D eigenvalue weighted by Gasteiger charge is 2.25. The summed E-state index contributed by atoms with van der Waals surface area (Å²) < 4.78 is 0. The van der Waals surface area contributed by atoms with Crippen molar-refractivity contribution in [2.75, 3.05) is 13.1 Å². The van der Waals surface area contributed by atoms with Gasteiger partial charge in [0.05, 0.1) is 5.56 Å². The number of aromatic nitrogens is 3. The second kappa shape index (κ2) is 6.36. The number of amides is 1. The van der Waals surface area contributed by atoms with E-state index in [1.54, 1.807) is 6.20 Å². The van der Waals surface area contributed by atoms with Crippen molar-refractivity contribution in [2.45, 2.75) is 19.3 Å². The fourth-order valence-electron chi connectivity index (χ4n) is 2.89. The molecule has 0 aliphatic carbocycles. The van der Waals surface area contributed by atoms with Crippen molar-refractivity contribution >= 4 is 17.5 Å². The zero-order chi connectivity index (χ0) is 15.5. The van der Waals surface area contributed by atoms with E-state index in [0.29, 0.717) is 18.0 Å². The number of likely N-dealkylation sites (tertiary alicyclic amines) is 1. The minimum absolute atomic E-state index is 0.0388. The maximum absolute atomic E-state index is 12.5. The summed E-state index contributed by atoms with van der Waals surface area (Å²) in [4.78, 5) is 28.1. The number of halogens is 1. The van der Waals surface area contributed by atoms with Crippen LogP contribution in [0.5, 0.6) is 0 Å². The maximum atomic E-state index is 12.5. The van der Waals surface area contributed by atoms with Gasteiger partial charge in [0, 0.05) is 31.2 Å². The van der Waals surface area contributed by atoms with Crippen molar-refractivity contribution < 1.29 is 4.79 Å². The third kappa shape index (κ3) is 3.22. The summed E-state index contributed by atoms with van der Waals surface area (Å²) >= 11 is 5.79. The summed E-state index contributed by atoms with van der Waals surface area (Å²) in [6.07, 6.45) is 6.12. The van der Waals surface area contributed by atoms with Crippen molar-refractivity contribution in [3.05, 3.63) is 51.2 Å². The fourth-order valence-corrected chi connectivity index (χ4v) is 3.06. The number of rotatable bonds is 3. The van der Waals surface area contributed by atoms with Crippen LogP contribution in [-0.2, 0) is 6.42 Å². The lowest BCUT2D eigenvalue weighted by Gasteiger charge is -2.32. The van der Waals surface area contributed by atoms with Crippen LogP contribution in [0.1, 0.15) is 28.9 Å². The van der Waals surface area contributed by atoms with Gasteiger partial charge in [0.15, 0.2) is 0 Å². The zero-order valence-electron chi connectivity index (χ0n) is 12.0. The molecule has 2 aromatic heterocycles. The van der Waals surface area contributed by atoms with E-state index in [-0.39, 0.29) is 16.5 Å². The van der Waals surface area contributed by atoms with Gasteiger partial charge in [-0.05, 0) is 37.3 Å². The van der Waals surface area contributed by atoms with Gasteiger partial charge in [-0.15, -0.1) is 0 Å². The average Bonchev–Trinajstić information content (AvgIpc) is 3.02. The van der Waals surface area contributed by atoms with Gasteiger partial charge in [-0.2, -0.15) is 5.10 Å². The Morgan fingerprint density at radius 1 is 1.50 bits per heavy atom. The molecule has 1 amide bonds. The Bertz CT molecular complexity index is 711. The maximum Gasteiger partial charge on any atom is 0.266 e. The van der Waals surface area contributed by atoms with Crippen LogP contribution >= 0.6 is 11.6 Å². The molecule has 116 valence electrons. The van der Waals surface area contributed by atoms with Gasteiger partial charge in [-0.1, -0.05) is 11.6 Å². The van der Waals surface area contributed by atoms with Crippen LogP contribution < -0.4 is 5.56 Å². The molecule has 0 spiro atoms. The van der Waals surface area contributed by atoms with E-state index < -0.39 is 0 Å². The van der Waals surface area contributed by atoms with Gasteiger partial charge in [0.2, 0.25) is 0 Å². The van der Waals surface area contributed by atoms with Crippen LogP contribution in [0.2, 0.25) is 5.02 Å². The summed E-state index contributed by atoms with van der Waals surface area (Å²) in [7, 11) is 0. The van der Waals surface area contributed by atoms with Crippen molar-refractivity contribution in [1.29, 1.82) is 0 Å². The van der Waals surface area contributed by atoms with Gasteiger partial charge in [-0.3, -0.25) is 14.7 Å². The third-order valence-electron chi connectivity index (χ3n) is 3.98. The molecule has 6 nitrogen and oxygen atoms in total. The molecule has 7 heteroatoms. The fraction of sp³-hybridized carbons (Fsp3) is 0.400. The minimum atomic E-state index is -0.381. The van der Waals surface area contributed by atoms with Gasteiger partial charge < -0.3 is 9.88 Å². The number of nitrogens with zero attached hydrogens (tertiary/aromatic N) is 2. The Kier molecular flexibility index (Phi) is 4.29. The lowest BCUT2D eigenvalue weighted by atomic mass is 9.93. The largest absolute Gasteiger partial charge is 0.338 e.